The van der Waals surface area contributed by atoms with Gasteiger partial charge in [-0.1, -0.05) is 18.2 Å². The standard InChI is InChI=1S/C15H15N3O2/c16-11-7-9(15(17)19)5-6-12(11)18-13-8-20-14-4-2-1-3-10(13)14/h1-7,13,18H,8,16H2,(H2,17,19). The van der Waals surface area contributed by atoms with Gasteiger partial charge in [-0.2, -0.15) is 0 Å². The number of benzene rings is 2. The van der Waals surface area contributed by atoms with Gasteiger partial charge in [0.25, 0.3) is 0 Å². The lowest BCUT2D eigenvalue weighted by Gasteiger charge is -2.15. The van der Waals surface area contributed by atoms with E-state index in [0.29, 0.717) is 17.9 Å². The number of carbonyl (C=O) groups is 1. The molecular formula is C15H15N3O2. The smallest absolute Gasteiger partial charge is 0.248 e. The first-order valence-electron chi connectivity index (χ1n) is 6.33. The Morgan fingerprint density at radius 2 is 2.05 bits per heavy atom. The summed E-state index contributed by atoms with van der Waals surface area (Å²) < 4.78 is 5.61. The Morgan fingerprint density at radius 1 is 1.25 bits per heavy atom. The van der Waals surface area contributed by atoms with Gasteiger partial charge in [0.05, 0.1) is 17.4 Å². The van der Waals surface area contributed by atoms with Crippen molar-refractivity contribution in [1.82, 2.24) is 0 Å². The summed E-state index contributed by atoms with van der Waals surface area (Å²) in [5.74, 6) is 0.398. The molecule has 0 saturated heterocycles. The van der Waals surface area contributed by atoms with Crippen molar-refractivity contribution in [3.8, 4) is 5.75 Å². The molecule has 1 aliphatic heterocycles. The number of hydrogen-bond acceptors (Lipinski definition) is 4. The molecule has 1 aliphatic rings. The highest BCUT2D eigenvalue weighted by molar-refractivity contribution is 5.94. The van der Waals surface area contributed by atoms with Crippen LogP contribution in [-0.4, -0.2) is 12.5 Å². The summed E-state index contributed by atoms with van der Waals surface area (Å²) in [5.41, 5.74) is 13.9. The van der Waals surface area contributed by atoms with Gasteiger partial charge in [0.15, 0.2) is 0 Å². The van der Waals surface area contributed by atoms with E-state index in [1.807, 2.05) is 24.3 Å². The fourth-order valence-electron chi connectivity index (χ4n) is 2.32. The van der Waals surface area contributed by atoms with Crippen molar-refractivity contribution in [3.63, 3.8) is 0 Å². The average molecular weight is 269 g/mol. The molecule has 0 radical (unpaired) electrons. The first-order chi connectivity index (χ1) is 9.65. The number of anilines is 2. The molecule has 0 bridgehead atoms. The first-order valence-corrected chi connectivity index (χ1v) is 6.33. The first kappa shape index (κ1) is 12.3. The topological polar surface area (TPSA) is 90.4 Å². The van der Waals surface area contributed by atoms with Crippen LogP contribution in [0.3, 0.4) is 0 Å². The molecule has 1 amide bonds. The van der Waals surface area contributed by atoms with Crippen molar-refractivity contribution in [3.05, 3.63) is 53.6 Å². The van der Waals surface area contributed by atoms with E-state index in [1.54, 1.807) is 18.2 Å². The number of nitrogens with two attached hydrogens (primary N) is 2. The van der Waals surface area contributed by atoms with Crippen LogP contribution in [0.2, 0.25) is 0 Å². The summed E-state index contributed by atoms with van der Waals surface area (Å²) in [6, 6.07) is 12.9. The van der Waals surface area contributed by atoms with Gasteiger partial charge in [-0.05, 0) is 24.3 Å². The van der Waals surface area contributed by atoms with Gasteiger partial charge >= 0.3 is 0 Å². The third-order valence-corrected chi connectivity index (χ3v) is 3.37. The van der Waals surface area contributed by atoms with E-state index in [0.717, 1.165) is 17.0 Å². The molecule has 0 aromatic heterocycles. The van der Waals surface area contributed by atoms with E-state index in [4.69, 9.17) is 16.2 Å². The van der Waals surface area contributed by atoms with Crippen LogP contribution in [0.25, 0.3) is 0 Å². The van der Waals surface area contributed by atoms with Crippen LogP contribution in [0.4, 0.5) is 11.4 Å². The lowest BCUT2D eigenvalue weighted by atomic mass is 10.1. The average Bonchev–Trinajstić information content (AvgIpc) is 2.84. The van der Waals surface area contributed by atoms with Crippen LogP contribution in [0.1, 0.15) is 22.0 Å². The Morgan fingerprint density at radius 3 is 2.80 bits per heavy atom. The lowest BCUT2D eigenvalue weighted by molar-refractivity contribution is 0.100. The molecule has 2 aromatic rings. The van der Waals surface area contributed by atoms with Crippen molar-refractivity contribution in [2.24, 2.45) is 5.73 Å². The zero-order valence-corrected chi connectivity index (χ0v) is 10.8. The summed E-state index contributed by atoms with van der Waals surface area (Å²) in [6.07, 6.45) is 0. The SMILES string of the molecule is NC(=O)c1ccc(NC2COc3ccccc32)c(N)c1. The number of nitrogens with one attached hydrogen (secondary N) is 1. The van der Waals surface area contributed by atoms with Crippen LogP contribution in [0.15, 0.2) is 42.5 Å². The van der Waals surface area contributed by atoms with E-state index >= 15 is 0 Å². The van der Waals surface area contributed by atoms with Crippen LogP contribution >= 0.6 is 0 Å². The third-order valence-electron chi connectivity index (χ3n) is 3.37. The molecule has 102 valence electrons. The number of rotatable bonds is 3. The second kappa shape index (κ2) is 4.77. The second-order valence-corrected chi connectivity index (χ2v) is 4.71. The Hall–Kier alpha value is -2.69. The number of amides is 1. The van der Waals surface area contributed by atoms with Gasteiger partial charge in [-0.15, -0.1) is 0 Å². The molecule has 20 heavy (non-hydrogen) atoms. The summed E-state index contributed by atoms with van der Waals surface area (Å²) in [6.45, 7) is 0.552. The molecule has 5 heteroatoms. The summed E-state index contributed by atoms with van der Waals surface area (Å²) >= 11 is 0. The maximum Gasteiger partial charge on any atom is 0.248 e. The minimum absolute atomic E-state index is 0.0490. The van der Waals surface area contributed by atoms with Crippen molar-refractivity contribution >= 4 is 17.3 Å². The maximum atomic E-state index is 11.1. The van der Waals surface area contributed by atoms with E-state index < -0.39 is 5.91 Å². The van der Waals surface area contributed by atoms with Gasteiger partial charge in [0.1, 0.15) is 12.4 Å². The zero-order valence-electron chi connectivity index (χ0n) is 10.8. The number of carbonyl (C=O) groups excluding carboxylic acids is 1. The number of nitrogen functional groups attached to an aromatic ring is 1. The van der Waals surface area contributed by atoms with E-state index in [-0.39, 0.29) is 6.04 Å². The number of fused-ring (bicyclic) bond motifs is 1. The molecule has 1 unspecified atom stereocenters. The number of primary amides is 1. The van der Waals surface area contributed by atoms with E-state index in [1.165, 1.54) is 0 Å². The third kappa shape index (κ3) is 2.14. The number of para-hydroxylation sites is 1. The molecule has 3 rings (SSSR count). The minimum atomic E-state index is -0.488. The van der Waals surface area contributed by atoms with Gasteiger partial charge in [0, 0.05) is 11.1 Å². The van der Waals surface area contributed by atoms with E-state index in [9.17, 15) is 4.79 Å². The molecule has 0 fully saturated rings. The van der Waals surface area contributed by atoms with Crippen LogP contribution in [-0.2, 0) is 0 Å². The molecule has 5 N–H and O–H groups in total. The fourth-order valence-corrected chi connectivity index (χ4v) is 2.32. The second-order valence-electron chi connectivity index (χ2n) is 4.71. The Bertz CT molecular complexity index is 670. The van der Waals surface area contributed by atoms with Crippen molar-refractivity contribution < 1.29 is 9.53 Å². The van der Waals surface area contributed by atoms with Crippen LogP contribution in [0.5, 0.6) is 5.75 Å². The maximum absolute atomic E-state index is 11.1. The highest BCUT2D eigenvalue weighted by Gasteiger charge is 2.23. The molecule has 5 nitrogen and oxygen atoms in total. The van der Waals surface area contributed by atoms with Crippen molar-refractivity contribution in [2.45, 2.75) is 6.04 Å². The van der Waals surface area contributed by atoms with Gasteiger partial charge in [-0.25, -0.2) is 0 Å². The lowest BCUT2D eigenvalue weighted by Crippen LogP contribution is -2.15. The van der Waals surface area contributed by atoms with Crippen LogP contribution in [0, 0.1) is 0 Å². The fraction of sp³-hybridized carbons (Fsp3) is 0.133. The van der Waals surface area contributed by atoms with Crippen LogP contribution < -0.4 is 21.5 Å². The van der Waals surface area contributed by atoms with Gasteiger partial charge in [0.2, 0.25) is 5.91 Å². The van der Waals surface area contributed by atoms with Crippen molar-refractivity contribution in [1.29, 1.82) is 0 Å². The normalized spacial score (nSPS) is 16.3. The highest BCUT2D eigenvalue weighted by atomic mass is 16.5. The van der Waals surface area contributed by atoms with Gasteiger partial charge in [-0.3, -0.25) is 4.79 Å². The zero-order chi connectivity index (χ0) is 14.1. The summed E-state index contributed by atoms with van der Waals surface area (Å²) in [4.78, 5) is 11.1. The predicted octanol–water partition coefficient (Wildman–Crippen LogP) is 1.91. The predicted molar refractivity (Wildman–Crippen MR) is 77.7 cm³/mol. The molecule has 1 heterocycles. The molecule has 0 aliphatic carbocycles. The number of hydrogen-bond donors (Lipinski definition) is 3. The van der Waals surface area contributed by atoms with Crippen molar-refractivity contribution in [2.75, 3.05) is 17.7 Å². The molecule has 0 saturated carbocycles. The summed E-state index contributed by atoms with van der Waals surface area (Å²) in [5, 5.41) is 3.33. The quantitative estimate of drug-likeness (QED) is 0.742. The number of ether oxygens (including phenoxy) is 1. The Balaban J connectivity index is 1.84. The molecule has 1 atom stereocenters. The van der Waals surface area contributed by atoms with E-state index in [2.05, 4.69) is 5.32 Å². The largest absolute Gasteiger partial charge is 0.491 e. The monoisotopic (exact) mass is 269 g/mol. The molecular weight excluding hydrogens is 254 g/mol. The Kier molecular flexibility index (Phi) is 2.95. The molecule has 2 aromatic carbocycles. The minimum Gasteiger partial charge on any atom is -0.491 e. The Labute approximate surface area is 116 Å². The summed E-state index contributed by atoms with van der Waals surface area (Å²) in [7, 11) is 0. The molecule has 0 spiro atoms. The highest BCUT2D eigenvalue weighted by Crippen LogP contribution is 2.35. The van der Waals surface area contributed by atoms with Gasteiger partial charge < -0.3 is 21.5 Å².